The standard InChI is InChI=1S/C14H16N2O2S2.ClH/c15-20(17,18)14-8-6-12(7-9-14)16-10-11-19-13-4-2-1-3-5-13;/h1-9,16H,10-11H2,(H2,15,17,18);1H. The third-order valence-electron chi connectivity index (χ3n) is 2.63. The van der Waals surface area contributed by atoms with E-state index in [9.17, 15) is 8.42 Å². The zero-order valence-electron chi connectivity index (χ0n) is 11.2. The van der Waals surface area contributed by atoms with Crippen LogP contribution in [-0.4, -0.2) is 20.7 Å². The molecule has 0 atom stereocenters. The van der Waals surface area contributed by atoms with Gasteiger partial charge >= 0.3 is 0 Å². The van der Waals surface area contributed by atoms with Crippen molar-refractivity contribution in [3.63, 3.8) is 0 Å². The van der Waals surface area contributed by atoms with Crippen molar-refractivity contribution in [2.45, 2.75) is 9.79 Å². The van der Waals surface area contributed by atoms with Gasteiger partial charge in [0.2, 0.25) is 10.0 Å². The molecule has 2 rings (SSSR count). The highest BCUT2D eigenvalue weighted by atomic mass is 35.5. The van der Waals surface area contributed by atoms with E-state index in [1.165, 1.54) is 17.0 Å². The molecule has 0 fully saturated rings. The van der Waals surface area contributed by atoms with E-state index in [1.54, 1.807) is 23.9 Å². The third kappa shape index (κ3) is 5.97. The fraction of sp³-hybridized carbons (Fsp3) is 0.143. The zero-order chi connectivity index (χ0) is 14.4. The predicted octanol–water partition coefficient (Wildman–Crippen LogP) is 2.96. The maximum Gasteiger partial charge on any atom is 0.238 e. The van der Waals surface area contributed by atoms with Crippen LogP contribution in [0.15, 0.2) is 64.4 Å². The fourth-order valence-corrected chi connectivity index (χ4v) is 2.95. The Bertz CT molecular complexity index is 646. The second-order valence-corrected chi connectivity index (χ2v) is 6.89. The monoisotopic (exact) mass is 344 g/mol. The molecule has 0 amide bonds. The summed E-state index contributed by atoms with van der Waals surface area (Å²) in [5.74, 6) is 0.932. The molecule has 114 valence electrons. The molecule has 0 aliphatic heterocycles. The van der Waals surface area contributed by atoms with Gasteiger partial charge < -0.3 is 5.32 Å². The number of benzene rings is 2. The minimum Gasteiger partial charge on any atom is -0.384 e. The zero-order valence-corrected chi connectivity index (χ0v) is 13.7. The van der Waals surface area contributed by atoms with Crippen LogP contribution in [0.1, 0.15) is 0 Å². The number of sulfonamides is 1. The smallest absolute Gasteiger partial charge is 0.238 e. The van der Waals surface area contributed by atoms with Crippen molar-refractivity contribution in [2.75, 3.05) is 17.6 Å². The number of halogens is 1. The molecule has 0 heterocycles. The summed E-state index contributed by atoms with van der Waals surface area (Å²) >= 11 is 1.77. The highest BCUT2D eigenvalue weighted by Gasteiger charge is 2.06. The fourth-order valence-electron chi connectivity index (χ4n) is 1.64. The number of anilines is 1. The van der Waals surface area contributed by atoms with Gasteiger partial charge in [0.1, 0.15) is 0 Å². The number of hydrogen-bond acceptors (Lipinski definition) is 4. The molecule has 4 nitrogen and oxygen atoms in total. The molecule has 3 N–H and O–H groups in total. The van der Waals surface area contributed by atoms with Crippen LogP contribution >= 0.6 is 24.2 Å². The Balaban J connectivity index is 0.00000220. The molecule has 0 saturated carbocycles. The number of nitrogens with one attached hydrogen (secondary N) is 1. The lowest BCUT2D eigenvalue weighted by Crippen LogP contribution is -2.12. The van der Waals surface area contributed by atoms with Crippen LogP contribution in [0, 0.1) is 0 Å². The maximum atomic E-state index is 11.1. The van der Waals surface area contributed by atoms with Crippen molar-refractivity contribution in [3.8, 4) is 0 Å². The Labute approximate surface area is 135 Å². The van der Waals surface area contributed by atoms with E-state index in [4.69, 9.17) is 5.14 Å². The molecule has 2 aromatic carbocycles. The second kappa shape index (κ2) is 8.29. The van der Waals surface area contributed by atoms with Gasteiger partial charge in [0.05, 0.1) is 4.90 Å². The van der Waals surface area contributed by atoms with E-state index in [-0.39, 0.29) is 17.3 Å². The van der Waals surface area contributed by atoms with Gasteiger partial charge in [0.15, 0.2) is 0 Å². The number of thioether (sulfide) groups is 1. The van der Waals surface area contributed by atoms with E-state index in [0.717, 1.165) is 18.0 Å². The molecule has 0 aliphatic rings. The Morgan fingerprint density at radius 1 is 1.00 bits per heavy atom. The lowest BCUT2D eigenvalue weighted by atomic mass is 10.3. The summed E-state index contributed by atoms with van der Waals surface area (Å²) in [5.41, 5.74) is 0.881. The summed E-state index contributed by atoms with van der Waals surface area (Å²) in [5, 5.41) is 8.28. The SMILES string of the molecule is Cl.NS(=O)(=O)c1ccc(NCCSc2ccccc2)cc1. The van der Waals surface area contributed by atoms with Gasteiger partial charge in [0.25, 0.3) is 0 Å². The first-order valence-electron chi connectivity index (χ1n) is 6.10. The summed E-state index contributed by atoms with van der Waals surface area (Å²) in [6.45, 7) is 0.800. The molecule has 7 heteroatoms. The van der Waals surface area contributed by atoms with Gasteiger partial charge in [-0.3, -0.25) is 0 Å². The lowest BCUT2D eigenvalue weighted by molar-refractivity contribution is 0.598. The van der Waals surface area contributed by atoms with Crippen LogP contribution in [0.5, 0.6) is 0 Å². The molecule has 21 heavy (non-hydrogen) atoms. The predicted molar refractivity (Wildman–Crippen MR) is 90.7 cm³/mol. The molecular formula is C14H17ClN2O2S2. The van der Waals surface area contributed by atoms with Crippen molar-refractivity contribution in [1.82, 2.24) is 0 Å². The molecule has 0 radical (unpaired) electrons. The van der Waals surface area contributed by atoms with Crippen LogP contribution in [-0.2, 0) is 10.0 Å². The topological polar surface area (TPSA) is 72.2 Å². The Morgan fingerprint density at radius 2 is 1.62 bits per heavy atom. The summed E-state index contributed by atoms with van der Waals surface area (Å²) < 4.78 is 22.2. The van der Waals surface area contributed by atoms with Gasteiger partial charge in [-0.05, 0) is 36.4 Å². The molecule has 2 aromatic rings. The second-order valence-electron chi connectivity index (χ2n) is 4.16. The van der Waals surface area contributed by atoms with Gasteiger partial charge in [-0.15, -0.1) is 24.2 Å². The van der Waals surface area contributed by atoms with E-state index >= 15 is 0 Å². The number of hydrogen-bond donors (Lipinski definition) is 2. The average Bonchev–Trinajstić information content (AvgIpc) is 2.44. The molecule has 0 aromatic heterocycles. The molecule has 0 spiro atoms. The van der Waals surface area contributed by atoms with Crippen LogP contribution in [0.4, 0.5) is 5.69 Å². The molecule has 0 saturated heterocycles. The van der Waals surface area contributed by atoms with Crippen molar-refractivity contribution in [2.24, 2.45) is 5.14 Å². The van der Waals surface area contributed by atoms with E-state index in [0.29, 0.717) is 0 Å². The quantitative estimate of drug-likeness (QED) is 0.624. The van der Waals surface area contributed by atoms with Crippen LogP contribution in [0.2, 0.25) is 0 Å². The van der Waals surface area contributed by atoms with E-state index in [1.807, 2.05) is 18.2 Å². The summed E-state index contributed by atoms with van der Waals surface area (Å²) in [6.07, 6.45) is 0. The Morgan fingerprint density at radius 3 is 2.19 bits per heavy atom. The normalized spacial score (nSPS) is 10.7. The highest BCUT2D eigenvalue weighted by molar-refractivity contribution is 7.99. The van der Waals surface area contributed by atoms with Crippen LogP contribution in [0.3, 0.4) is 0 Å². The number of primary sulfonamides is 1. The van der Waals surface area contributed by atoms with E-state index < -0.39 is 10.0 Å². The van der Waals surface area contributed by atoms with Crippen LogP contribution in [0.25, 0.3) is 0 Å². The van der Waals surface area contributed by atoms with Crippen molar-refractivity contribution < 1.29 is 8.42 Å². The van der Waals surface area contributed by atoms with Crippen LogP contribution < -0.4 is 10.5 Å². The van der Waals surface area contributed by atoms with Gasteiger partial charge in [-0.2, -0.15) is 0 Å². The minimum absolute atomic E-state index is 0. The first-order valence-corrected chi connectivity index (χ1v) is 8.63. The molecule has 0 bridgehead atoms. The van der Waals surface area contributed by atoms with Crippen molar-refractivity contribution in [3.05, 3.63) is 54.6 Å². The van der Waals surface area contributed by atoms with Gasteiger partial charge in [-0.1, -0.05) is 18.2 Å². The molecular weight excluding hydrogens is 328 g/mol. The molecule has 0 aliphatic carbocycles. The lowest BCUT2D eigenvalue weighted by Gasteiger charge is -2.07. The number of rotatable bonds is 6. The first kappa shape index (κ1) is 17.8. The highest BCUT2D eigenvalue weighted by Crippen LogP contribution is 2.17. The minimum atomic E-state index is -3.61. The third-order valence-corrected chi connectivity index (χ3v) is 4.57. The molecule has 0 unspecified atom stereocenters. The van der Waals surface area contributed by atoms with Crippen molar-refractivity contribution >= 4 is 39.9 Å². The first-order chi connectivity index (χ1) is 9.55. The van der Waals surface area contributed by atoms with Gasteiger partial charge in [0, 0.05) is 22.9 Å². The maximum absolute atomic E-state index is 11.1. The van der Waals surface area contributed by atoms with E-state index in [2.05, 4.69) is 17.4 Å². The summed E-state index contributed by atoms with van der Waals surface area (Å²) in [6, 6.07) is 16.6. The Kier molecular flexibility index (Phi) is 7.04. The van der Waals surface area contributed by atoms with Crippen molar-refractivity contribution in [1.29, 1.82) is 0 Å². The summed E-state index contributed by atoms with van der Waals surface area (Å²) in [7, 11) is -3.61. The largest absolute Gasteiger partial charge is 0.384 e. The van der Waals surface area contributed by atoms with Gasteiger partial charge in [-0.25, -0.2) is 13.6 Å². The average molecular weight is 345 g/mol. The summed E-state index contributed by atoms with van der Waals surface area (Å²) in [4.78, 5) is 1.36. The number of nitrogens with two attached hydrogens (primary N) is 1. The Hall–Kier alpha value is -1.21.